The molecule has 0 aliphatic rings. The van der Waals surface area contributed by atoms with Crippen molar-refractivity contribution < 1.29 is 9.66 Å². The van der Waals surface area contributed by atoms with Crippen LogP contribution in [0.15, 0.2) is 18.2 Å². The molecule has 0 radical (unpaired) electrons. The van der Waals surface area contributed by atoms with Gasteiger partial charge in [-0.2, -0.15) is 0 Å². The maximum absolute atomic E-state index is 10.9. The summed E-state index contributed by atoms with van der Waals surface area (Å²) in [4.78, 5) is 10.5. The van der Waals surface area contributed by atoms with E-state index in [1.807, 2.05) is 0 Å². The molecule has 1 aromatic carbocycles. The molecule has 0 spiro atoms. The lowest BCUT2D eigenvalue weighted by Gasteiger charge is -2.18. The number of nitro benzene ring substituents is 1. The molecule has 0 aliphatic carbocycles. The van der Waals surface area contributed by atoms with Crippen LogP contribution in [0.5, 0.6) is 5.75 Å². The van der Waals surface area contributed by atoms with Crippen LogP contribution in [0.3, 0.4) is 0 Å². The van der Waals surface area contributed by atoms with Crippen molar-refractivity contribution in [3.63, 3.8) is 0 Å². The Bertz CT molecular complexity index is 458. The van der Waals surface area contributed by atoms with Crippen molar-refractivity contribution in [3.8, 4) is 18.1 Å². The van der Waals surface area contributed by atoms with E-state index in [1.54, 1.807) is 26.0 Å². The fourth-order valence-electron chi connectivity index (χ4n) is 1.40. The minimum Gasteiger partial charge on any atom is -0.497 e. The molecule has 0 N–H and O–H groups in total. The molecule has 0 aliphatic heterocycles. The van der Waals surface area contributed by atoms with Gasteiger partial charge >= 0.3 is 0 Å². The van der Waals surface area contributed by atoms with Crippen LogP contribution in [0.1, 0.15) is 19.4 Å². The van der Waals surface area contributed by atoms with E-state index in [-0.39, 0.29) is 5.69 Å². The Kier molecular flexibility index (Phi) is 3.19. The van der Waals surface area contributed by atoms with Crippen LogP contribution in [0.2, 0.25) is 0 Å². The van der Waals surface area contributed by atoms with Gasteiger partial charge < -0.3 is 4.74 Å². The smallest absolute Gasteiger partial charge is 0.277 e. The largest absolute Gasteiger partial charge is 0.497 e. The third kappa shape index (κ3) is 2.14. The molecule has 0 aromatic heterocycles. The highest BCUT2D eigenvalue weighted by Crippen LogP contribution is 2.33. The van der Waals surface area contributed by atoms with Crippen LogP contribution in [0.4, 0.5) is 5.69 Å². The third-order valence-corrected chi connectivity index (χ3v) is 2.44. The Labute approximate surface area is 94.4 Å². The van der Waals surface area contributed by atoms with Crippen molar-refractivity contribution in [2.45, 2.75) is 19.3 Å². The number of terminal acetylenes is 1. The topological polar surface area (TPSA) is 52.4 Å². The Morgan fingerprint density at radius 2 is 2.12 bits per heavy atom. The molecule has 84 valence electrons. The zero-order chi connectivity index (χ0) is 12.3. The molecule has 4 heteroatoms. The number of methoxy groups -OCH3 is 1. The average molecular weight is 219 g/mol. The number of rotatable bonds is 3. The zero-order valence-electron chi connectivity index (χ0n) is 9.48. The zero-order valence-corrected chi connectivity index (χ0v) is 9.48. The highest BCUT2D eigenvalue weighted by atomic mass is 16.6. The number of ether oxygens (including phenoxy) is 1. The van der Waals surface area contributed by atoms with Crippen LogP contribution < -0.4 is 4.74 Å². The summed E-state index contributed by atoms with van der Waals surface area (Å²) in [6.07, 6.45) is 5.37. The van der Waals surface area contributed by atoms with Crippen LogP contribution in [-0.2, 0) is 5.41 Å². The summed E-state index contributed by atoms with van der Waals surface area (Å²) < 4.78 is 4.95. The number of nitro groups is 1. The molecular formula is C12H13NO3. The van der Waals surface area contributed by atoms with Gasteiger partial charge in [0.15, 0.2) is 0 Å². The SMILES string of the molecule is C#CC(C)(C)c1ccc(OC)cc1[N+](=O)[O-]. The minimum atomic E-state index is -0.672. The van der Waals surface area contributed by atoms with Gasteiger partial charge in [-0.25, -0.2) is 0 Å². The van der Waals surface area contributed by atoms with Crippen molar-refractivity contribution >= 4 is 5.69 Å². The first-order chi connectivity index (χ1) is 7.42. The highest BCUT2D eigenvalue weighted by Gasteiger charge is 2.27. The maximum Gasteiger partial charge on any atom is 0.277 e. The summed E-state index contributed by atoms with van der Waals surface area (Å²) in [5.74, 6) is 2.99. The molecule has 0 saturated carbocycles. The average Bonchev–Trinajstić information content (AvgIpc) is 2.28. The van der Waals surface area contributed by atoms with E-state index in [9.17, 15) is 10.1 Å². The van der Waals surface area contributed by atoms with Crippen LogP contribution in [-0.4, -0.2) is 12.0 Å². The number of hydrogen-bond acceptors (Lipinski definition) is 3. The number of hydrogen-bond donors (Lipinski definition) is 0. The highest BCUT2D eigenvalue weighted by molar-refractivity contribution is 5.52. The Balaban J connectivity index is 3.41. The predicted octanol–water partition coefficient (Wildman–Crippen LogP) is 2.51. The van der Waals surface area contributed by atoms with Crippen LogP contribution in [0.25, 0.3) is 0 Å². The van der Waals surface area contributed by atoms with E-state index in [0.29, 0.717) is 11.3 Å². The molecule has 4 nitrogen and oxygen atoms in total. The second kappa shape index (κ2) is 4.23. The molecule has 0 amide bonds. The van der Waals surface area contributed by atoms with E-state index in [2.05, 4.69) is 5.92 Å². The molecule has 1 aromatic rings. The summed E-state index contributed by atoms with van der Waals surface area (Å²) in [7, 11) is 1.46. The van der Waals surface area contributed by atoms with Crippen LogP contribution >= 0.6 is 0 Å². The standard InChI is InChI=1S/C12H13NO3/c1-5-12(2,3)10-7-6-9(16-4)8-11(10)13(14)15/h1,6-8H,2-4H3. The Morgan fingerprint density at radius 1 is 1.50 bits per heavy atom. The van der Waals surface area contributed by atoms with Crippen molar-refractivity contribution in [1.82, 2.24) is 0 Å². The first kappa shape index (κ1) is 12.1. The lowest BCUT2D eigenvalue weighted by molar-refractivity contribution is -0.385. The Hall–Kier alpha value is -2.02. The molecule has 16 heavy (non-hydrogen) atoms. The molecule has 0 fully saturated rings. The second-order valence-corrected chi connectivity index (χ2v) is 3.91. The van der Waals surface area contributed by atoms with E-state index in [0.717, 1.165) is 0 Å². The van der Waals surface area contributed by atoms with Gasteiger partial charge in [0.2, 0.25) is 0 Å². The van der Waals surface area contributed by atoms with Gasteiger partial charge in [-0.05, 0) is 26.0 Å². The normalized spacial score (nSPS) is 10.6. The van der Waals surface area contributed by atoms with Gasteiger partial charge in [0.25, 0.3) is 5.69 Å². The second-order valence-electron chi connectivity index (χ2n) is 3.91. The van der Waals surface area contributed by atoms with E-state index < -0.39 is 10.3 Å². The van der Waals surface area contributed by atoms with Crippen molar-refractivity contribution in [3.05, 3.63) is 33.9 Å². The quantitative estimate of drug-likeness (QED) is 0.446. The maximum atomic E-state index is 10.9. The van der Waals surface area contributed by atoms with E-state index in [4.69, 9.17) is 11.2 Å². The molecular weight excluding hydrogens is 206 g/mol. The number of benzene rings is 1. The Morgan fingerprint density at radius 3 is 2.56 bits per heavy atom. The van der Waals surface area contributed by atoms with E-state index in [1.165, 1.54) is 13.2 Å². The molecule has 1 rings (SSSR count). The number of nitrogens with zero attached hydrogens (tertiary/aromatic N) is 1. The van der Waals surface area contributed by atoms with E-state index >= 15 is 0 Å². The van der Waals surface area contributed by atoms with Crippen molar-refractivity contribution in [2.24, 2.45) is 0 Å². The van der Waals surface area contributed by atoms with Gasteiger partial charge in [0.05, 0.1) is 23.5 Å². The van der Waals surface area contributed by atoms with Gasteiger partial charge in [0, 0.05) is 5.56 Å². The monoisotopic (exact) mass is 219 g/mol. The fourth-order valence-corrected chi connectivity index (χ4v) is 1.40. The minimum absolute atomic E-state index is 0.0118. The molecule has 0 bridgehead atoms. The van der Waals surface area contributed by atoms with Gasteiger partial charge in [0.1, 0.15) is 5.75 Å². The van der Waals surface area contributed by atoms with Gasteiger partial charge in [-0.1, -0.05) is 5.92 Å². The molecule has 0 unspecified atom stereocenters. The van der Waals surface area contributed by atoms with Gasteiger partial charge in [-0.3, -0.25) is 10.1 Å². The fraction of sp³-hybridized carbons (Fsp3) is 0.333. The summed E-state index contributed by atoms with van der Waals surface area (Å²) in [5.41, 5.74) is -0.169. The predicted molar refractivity (Wildman–Crippen MR) is 61.5 cm³/mol. The van der Waals surface area contributed by atoms with Gasteiger partial charge in [-0.15, -0.1) is 6.42 Å². The summed E-state index contributed by atoms with van der Waals surface area (Å²) in [6.45, 7) is 3.53. The summed E-state index contributed by atoms with van der Waals surface area (Å²) in [6, 6.07) is 4.69. The van der Waals surface area contributed by atoms with Crippen molar-refractivity contribution in [1.29, 1.82) is 0 Å². The molecule has 0 atom stereocenters. The first-order valence-electron chi connectivity index (χ1n) is 4.73. The summed E-state index contributed by atoms with van der Waals surface area (Å²) in [5, 5.41) is 10.9. The lowest BCUT2D eigenvalue weighted by atomic mass is 9.84. The summed E-state index contributed by atoms with van der Waals surface area (Å²) >= 11 is 0. The van der Waals surface area contributed by atoms with Crippen molar-refractivity contribution in [2.75, 3.05) is 7.11 Å². The molecule has 0 heterocycles. The molecule has 0 saturated heterocycles. The lowest BCUT2D eigenvalue weighted by Crippen LogP contribution is -2.16. The third-order valence-electron chi connectivity index (χ3n) is 2.44. The van der Waals surface area contributed by atoms with Crippen LogP contribution in [0, 0.1) is 22.5 Å². The first-order valence-corrected chi connectivity index (χ1v) is 4.73.